The molecule has 0 radical (unpaired) electrons. The Kier molecular flexibility index (Phi) is 5.00. The van der Waals surface area contributed by atoms with E-state index >= 15 is 0 Å². The molecule has 8 heteroatoms. The Morgan fingerprint density at radius 3 is 2.46 bits per heavy atom. The van der Waals surface area contributed by atoms with Crippen molar-refractivity contribution in [3.8, 4) is 11.4 Å². The van der Waals surface area contributed by atoms with Crippen LogP contribution in [0.5, 0.6) is 0 Å². The van der Waals surface area contributed by atoms with Gasteiger partial charge in [-0.15, -0.1) is 0 Å². The summed E-state index contributed by atoms with van der Waals surface area (Å²) in [5.41, 5.74) is 1.84. The van der Waals surface area contributed by atoms with Crippen molar-refractivity contribution < 1.29 is 9.18 Å². The number of imidazole rings is 1. The van der Waals surface area contributed by atoms with Gasteiger partial charge in [-0.1, -0.05) is 11.6 Å². The second-order valence-electron chi connectivity index (χ2n) is 6.68. The van der Waals surface area contributed by atoms with Crippen LogP contribution < -0.4 is 4.90 Å². The van der Waals surface area contributed by atoms with Crippen molar-refractivity contribution in [1.29, 1.82) is 0 Å². The van der Waals surface area contributed by atoms with E-state index in [0.29, 0.717) is 48.4 Å². The zero-order valence-electron chi connectivity index (χ0n) is 15.3. The van der Waals surface area contributed by atoms with Crippen LogP contribution in [0.2, 0.25) is 5.02 Å². The van der Waals surface area contributed by atoms with Gasteiger partial charge in [0.25, 0.3) is 5.91 Å². The molecule has 4 rings (SSSR count). The molecule has 1 aliphatic heterocycles. The van der Waals surface area contributed by atoms with Crippen LogP contribution in [0.3, 0.4) is 0 Å². The highest BCUT2D eigenvalue weighted by Crippen LogP contribution is 2.21. The van der Waals surface area contributed by atoms with Gasteiger partial charge in [0, 0.05) is 43.6 Å². The largest absolute Gasteiger partial charge is 0.353 e. The molecular weight excluding hydrogens is 381 g/mol. The van der Waals surface area contributed by atoms with Gasteiger partial charge in [-0.25, -0.2) is 14.4 Å². The third-order valence-corrected chi connectivity index (χ3v) is 5.03. The molecule has 1 amide bonds. The molecule has 0 spiro atoms. The average molecular weight is 400 g/mol. The predicted octanol–water partition coefficient (Wildman–Crippen LogP) is 3.54. The molecule has 1 aromatic carbocycles. The normalized spacial score (nSPS) is 14.4. The number of anilines is 1. The Hall–Kier alpha value is -2.93. The standard InChI is InChI=1S/C20H19ClFN5O/c1-13-18(25-19(24-13)14-2-5-16(22)6-3-14)20(28)27-10-8-26(9-11-27)17-7-4-15(21)12-23-17/h2-7,12H,8-11H2,1H3,(H,24,25). The number of halogens is 2. The number of carbonyl (C=O) groups is 1. The number of pyridine rings is 1. The van der Waals surface area contributed by atoms with Crippen LogP contribution in [-0.2, 0) is 0 Å². The lowest BCUT2D eigenvalue weighted by Crippen LogP contribution is -2.49. The van der Waals surface area contributed by atoms with Gasteiger partial charge in [0.2, 0.25) is 0 Å². The SMILES string of the molecule is Cc1[nH]c(-c2ccc(F)cc2)nc1C(=O)N1CCN(c2ccc(Cl)cn2)CC1. The van der Waals surface area contributed by atoms with Crippen LogP contribution in [0, 0.1) is 12.7 Å². The number of carbonyl (C=O) groups excluding carboxylic acids is 1. The van der Waals surface area contributed by atoms with Crippen molar-refractivity contribution in [1.82, 2.24) is 19.9 Å². The summed E-state index contributed by atoms with van der Waals surface area (Å²) in [6.07, 6.45) is 1.62. The second kappa shape index (κ2) is 7.59. The van der Waals surface area contributed by atoms with E-state index in [1.54, 1.807) is 23.2 Å². The van der Waals surface area contributed by atoms with Gasteiger partial charge < -0.3 is 14.8 Å². The number of hydrogen-bond donors (Lipinski definition) is 1. The molecule has 6 nitrogen and oxygen atoms in total. The number of piperazine rings is 1. The Morgan fingerprint density at radius 1 is 1.11 bits per heavy atom. The van der Waals surface area contributed by atoms with Crippen molar-refractivity contribution in [2.45, 2.75) is 6.92 Å². The Morgan fingerprint density at radius 2 is 1.82 bits per heavy atom. The second-order valence-corrected chi connectivity index (χ2v) is 7.12. The quantitative estimate of drug-likeness (QED) is 0.731. The zero-order valence-corrected chi connectivity index (χ0v) is 16.1. The van der Waals surface area contributed by atoms with Gasteiger partial charge in [0.1, 0.15) is 23.2 Å². The monoisotopic (exact) mass is 399 g/mol. The maximum atomic E-state index is 13.1. The molecule has 0 atom stereocenters. The lowest BCUT2D eigenvalue weighted by atomic mass is 10.2. The highest BCUT2D eigenvalue weighted by Gasteiger charge is 2.26. The van der Waals surface area contributed by atoms with Crippen LogP contribution in [-0.4, -0.2) is 51.9 Å². The first kappa shape index (κ1) is 18.4. The predicted molar refractivity (Wildman–Crippen MR) is 106 cm³/mol. The third kappa shape index (κ3) is 3.71. The number of hydrogen-bond acceptors (Lipinski definition) is 4. The van der Waals surface area contributed by atoms with Crippen LogP contribution in [0.15, 0.2) is 42.6 Å². The fourth-order valence-electron chi connectivity index (χ4n) is 3.26. The lowest BCUT2D eigenvalue weighted by molar-refractivity contribution is 0.0740. The fourth-order valence-corrected chi connectivity index (χ4v) is 3.37. The molecule has 1 N–H and O–H groups in total. The molecule has 3 heterocycles. The first-order valence-electron chi connectivity index (χ1n) is 8.99. The van der Waals surface area contributed by atoms with Crippen LogP contribution in [0.25, 0.3) is 11.4 Å². The minimum Gasteiger partial charge on any atom is -0.353 e. The van der Waals surface area contributed by atoms with Crippen molar-refractivity contribution in [2.24, 2.45) is 0 Å². The molecular formula is C20H19ClFN5O. The molecule has 144 valence electrons. The lowest BCUT2D eigenvalue weighted by Gasteiger charge is -2.35. The average Bonchev–Trinajstić information content (AvgIpc) is 3.10. The maximum absolute atomic E-state index is 13.1. The first-order chi connectivity index (χ1) is 13.5. The molecule has 0 bridgehead atoms. The molecule has 0 unspecified atom stereocenters. The van der Waals surface area contributed by atoms with E-state index in [0.717, 1.165) is 11.4 Å². The van der Waals surface area contributed by atoms with Gasteiger partial charge in [-0.2, -0.15) is 0 Å². The highest BCUT2D eigenvalue weighted by atomic mass is 35.5. The summed E-state index contributed by atoms with van der Waals surface area (Å²) in [4.78, 5) is 28.8. The molecule has 3 aromatic rings. The number of amides is 1. The van der Waals surface area contributed by atoms with Crippen LogP contribution in [0.1, 0.15) is 16.2 Å². The number of aromatic amines is 1. The van der Waals surface area contributed by atoms with Crippen molar-refractivity contribution in [2.75, 3.05) is 31.1 Å². The van der Waals surface area contributed by atoms with Gasteiger partial charge in [-0.3, -0.25) is 4.79 Å². The van der Waals surface area contributed by atoms with Crippen LogP contribution in [0.4, 0.5) is 10.2 Å². The van der Waals surface area contributed by atoms with Crippen LogP contribution >= 0.6 is 11.6 Å². The van der Waals surface area contributed by atoms with Gasteiger partial charge in [0.15, 0.2) is 0 Å². The molecule has 0 aliphatic carbocycles. The Bertz CT molecular complexity index is 979. The molecule has 0 saturated carbocycles. The van der Waals surface area contributed by atoms with Crippen molar-refractivity contribution in [3.63, 3.8) is 0 Å². The van der Waals surface area contributed by atoms with Gasteiger partial charge >= 0.3 is 0 Å². The number of benzene rings is 1. The maximum Gasteiger partial charge on any atom is 0.274 e. The molecule has 1 fully saturated rings. The van der Waals surface area contributed by atoms with E-state index in [9.17, 15) is 9.18 Å². The summed E-state index contributed by atoms with van der Waals surface area (Å²) in [5, 5.41) is 0.600. The minimum absolute atomic E-state index is 0.106. The number of nitrogens with zero attached hydrogens (tertiary/aromatic N) is 4. The van der Waals surface area contributed by atoms with Crippen molar-refractivity contribution in [3.05, 3.63) is 64.8 Å². The van der Waals surface area contributed by atoms with E-state index in [4.69, 9.17) is 11.6 Å². The minimum atomic E-state index is -0.309. The highest BCUT2D eigenvalue weighted by molar-refractivity contribution is 6.30. The van der Waals surface area contributed by atoms with Gasteiger partial charge in [0.05, 0.1) is 5.02 Å². The molecule has 2 aromatic heterocycles. The fraction of sp³-hybridized carbons (Fsp3) is 0.250. The number of H-pyrrole nitrogens is 1. The van der Waals surface area contributed by atoms with E-state index in [-0.39, 0.29) is 11.7 Å². The summed E-state index contributed by atoms with van der Waals surface area (Å²) >= 11 is 5.89. The molecule has 1 saturated heterocycles. The van der Waals surface area contributed by atoms with E-state index in [2.05, 4.69) is 19.9 Å². The summed E-state index contributed by atoms with van der Waals surface area (Å²) < 4.78 is 13.1. The molecule has 28 heavy (non-hydrogen) atoms. The Labute approximate surface area is 167 Å². The number of nitrogens with one attached hydrogen (secondary N) is 1. The topological polar surface area (TPSA) is 65.1 Å². The number of aromatic nitrogens is 3. The summed E-state index contributed by atoms with van der Waals surface area (Å²) in [6, 6.07) is 9.72. The van der Waals surface area contributed by atoms with Crippen molar-refractivity contribution >= 4 is 23.3 Å². The summed E-state index contributed by atoms with van der Waals surface area (Å²) in [6.45, 7) is 4.37. The van der Waals surface area contributed by atoms with E-state index in [1.165, 1.54) is 12.1 Å². The number of rotatable bonds is 3. The zero-order chi connectivity index (χ0) is 19.7. The smallest absolute Gasteiger partial charge is 0.274 e. The first-order valence-corrected chi connectivity index (χ1v) is 9.37. The molecule has 1 aliphatic rings. The summed E-state index contributed by atoms with van der Waals surface area (Å²) in [5.74, 6) is 0.998. The van der Waals surface area contributed by atoms with E-state index < -0.39 is 0 Å². The van der Waals surface area contributed by atoms with E-state index in [1.807, 2.05) is 19.1 Å². The van der Waals surface area contributed by atoms with Gasteiger partial charge in [-0.05, 0) is 43.3 Å². The third-order valence-electron chi connectivity index (χ3n) is 4.81. The number of aryl methyl sites for hydroxylation is 1. The Balaban J connectivity index is 1.45. The summed E-state index contributed by atoms with van der Waals surface area (Å²) in [7, 11) is 0.